The Balaban J connectivity index is 1.75. The fraction of sp³-hybridized carbons (Fsp3) is 0.0625. The number of carbonyl (C=O) groups excluding carboxylic acids is 1. The molecule has 0 bridgehead atoms. The Morgan fingerprint density at radius 2 is 1.86 bits per heavy atom. The molecule has 0 aliphatic heterocycles. The molecule has 3 aromatic heterocycles. The van der Waals surface area contributed by atoms with Crippen molar-refractivity contribution in [2.45, 2.75) is 6.42 Å². The third-order valence-electron chi connectivity index (χ3n) is 2.99. The van der Waals surface area contributed by atoms with Gasteiger partial charge in [0.2, 0.25) is 5.95 Å². The molecule has 0 amide bonds. The second kappa shape index (κ2) is 6.17. The van der Waals surface area contributed by atoms with Crippen molar-refractivity contribution in [3.63, 3.8) is 0 Å². The minimum Gasteiger partial charge on any atom is -0.292 e. The molecule has 22 heavy (non-hydrogen) atoms. The zero-order valence-electron chi connectivity index (χ0n) is 11.5. The van der Waals surface area contributed by atoms with E-state index in [2.05, 4.69) is 20.2 Å². The van der Waals surface area contributed by atoms with Crippen LogP contribution >= 0.6 is 0 Å². The minimum absolute atomic E-state index is 0.0198. The van der Waals surface area contributed by atoms with Gasteiger partial charge in [-0.25, -0.2) is 4.98 Å². The number of halogens is 1. The molecule has 0 aromatic carbocycles. The van der Waals surface area contributed by atoms with Crippen molar-refractivity contribution in [2.24, 2.45) is 0 Å². The first-order valence-corrected chi connectivity index (χ1v) is 6.62. The lowest BCUT2D eigenvalue weighted by molar-refractivity contribution is 0.0986. The molecule has 5 nitrogen and oxygen atoms in total. The van der Waals surface area contributed by atoms with Crippen molar-refractivity contribution in [3.8, 4) is 11.4 Å². The van der Waals surface area contributed by atoms with E-state index in [0.29, 0.717) is 17.1 Å². The molecule has 0 saturated heterocycles. The highest BCUT2D eigenvalue weighted by Gasteiger charge is 2.11. The summed E-state index contributed by atoms with van der Waals surface area (Å²) in [6.07, 6.45) is 1.69. The van der Waals surface area contributed by atoms with Crippen LogP contribution in [0.3, 0.4) is 0 Å². The third-order valence-corrected chi connectivity index (χ3v) is 2.99. The van der Waals surface area contributed by atoms with E-state index in [-0.39, 0.29) is 17.9 Å². The van der Waals surface area contributed by atoms with Crippen molar-refractivity contribution in [1.82, 2.24) is 20.2 Å². The van der Waals surface area contributed by atoms with Gasteiger partial charge >= 0.3 is 0 Å². The molecule has 3 rings (SSSR count). The summed E-state index contributed by atoms with van der Waals surface area (Å²) in [5.74, 6) is -0.984. The average Bonchev–Trinajstić information content (AvgIpc) is 2.56. The molecular weight excluding hydrogens is 283 g/mol. The third kappa shape index (κ3) is 3.17. The second-order valence-corrected chi connectivity index (χ2v) is 4.57. The number of rotatable bonds is 4. The predicted octanol–water partition coefficient (Wildman–Crippen LogP) is 2.50. The number of pyridine rings is 2. The summed E-state index contributed by atoms with van der Waals surface area (Å²) >= 11 is 0. The second-order valence-electron chi connectivity index (χ2n) is 4.57. The smallest absolute Gasteiger partial charge is 0.213 e. The summed E-state index contributed by atoms with van der Waals surface area (Å²) in [7, 11) is 0. The maximum Gasteiger partial charge on any atom is 0.213 e. The van der Waals surface area contributed by atoms with Crippen LogP contribution in [0, 0.1) is 5.95 Å². The maximum absolute atomic E-state index is 13.0. The summed E-state index contributed by atoms with van der Waals surface area (Å²) in [6, 6.07) is 13.1. The number of hydrogen-bond acceptors (Lipinski definition) is 5. The summed E-state index contributed by atoms with van der Waals surface area (Å²) in [6.45, 7) is 0. The van der Waals surface area contributed by atoms with Crippen LogP contribution in [0.1, 0.15) is 16.2 Å². The number of hydrogen-bond donors (Lipinski definition) is 0. The lowest BCUT2D eigenvalue weighted by atomic mass is 10.1. The molecule has 6 heteroatoms. The first-order valence-electron chi connectivity index (χ1n) is 6.62. The Bertz CT molecular complexity index is 791. The predicted molar refractivity (Wildman–Crippen MR) is 77.5 cm³/mol. The molecule has 0 saturated carbocycles. The number of Topliss-reactive ketones (excluding diaryl/α,β-unsaturated/α-hetero) is 1. The van der Waals surface area contributed by atoms with Crippen molar-refractivity contribution in [1.29, 1.82) is 0 Å². The lowest BCUT2D eigenvalue weighted by Gasteiger charge is -2.02. The Morgan fingerprint density at radius 1 is 0.955 bits per heavy atom. The zero-order valence-corrected chi connectivity index (χ0v) is 11.5. The van der Waals surface area contributed by atoms with Crippen molar-refractivity contribution < 1.29 is 9.18 Å². The first-order chi connectivity index (χ1) is 10.7. The van der Waals surface area contributed by atoms with E-state index in [1.807, 2.05) is 18.2 Å². The molecule has 0 atom stereocenters. The van der Waals surface area contributed by atoms with Gasteiger partial charge in [0.15, 0.2) is 5.78 Å². The van der Waals surface area contributed by atoms with Crippen LogP contribution in [0.2, 0.25) is 0 Å². The molecule has 0 unspecified atom stereocenters. The fourth-order valence-electron chi connectivity index (χ4n) is 1.92. The Morgan fingerprint density at radius 3 is 2.55 bits per heavy atom. The van der Waals surface area contributed by atoms with Gasteiger partial charge in [0.25, 0.3) is 0 Å². The van der Waals surface area contributed by atoms with Crippen LogP contribution in [-0.4, -0.2) is 25.9 Å². The quantitative estimate of drug-likeness (QED) is 0.546. The molecule has 0 spiro atoms. The number of nitrogens with zero attached hydrogens (tertiary/aromatic N) is 4. The number of ketones is 1. The largest absolute Gasteiger partial charge is 0.292 e. The SMILES string of the molecule is O=C(Cc1ccc(-c2ccccn2)nn1)c1cccc(F)n1. The molecule has 108 valence electrons. The zero-order chi connectivity index (χ0) is 15.4. The number of carbonyl (C=O) groups is 1. The molecule has 0 fully saturated rings. The van der Waals surface area contributed by atoms with Crippen molar-refractivity contribution in [3.05, 3.63) is 72.1 Å². The topological polar surface area (TPSA) is 68.6 Å². The van der Waals surface area contributed by atoms with Gasteiger partial charge in [-0.3, -0.25) is 9.78 Å². The van der Waals surface area contributed by atoms with Crippen molar-refractivity contribution in [2.75, 3.05) is 0 Å². The minimum atomic E-state index is -0.678. The van der Waals surface area contributed by atoms with Gasteiger partial charge in [-0.05, 0) is 36.4 Å². The molecular formula is C16H11FN4O. The number of aromatic nitrogens is 4. The molecule has 0 aliphatic rings. The molecule has 0 radical (unpaired) electrons. The van der Waals surface area contributed by atoms with Gasteiger partial charge in [-0.15, -0.1) is 5.10 Å². The van der Waals surface area contributed by atoms with E-state index in [0.717, 1.165) is 0 Å². The maximum atomic E-state index is 13.0. The Labute approximate surface area is 125 Å². The summed E-state index contributed by atoms with van der Waals surface area (Å²) in [5.41, 5.74) is 1.91. The van der Waals surface area contributed by atoms with E-state index in [4.69, 9.17) is 0 Å². The van der Waals surface area contributed by atoms with Crippen LogP contribution in [-0.2, 0) is 6.42 Å². The molecule has 0 aliphatic carbocycles. The summed E-state index contributed by atoms with van der Waals surface area (Å²) in [5, 5.41) is 8.06. The van der Waals surface area contributed by atoms with Gasteiger partial charge in [-0.2, -0.15) is 9.49 Å². The van der Waals surface area contributed by atoms with Crippen LogP contribution in [0.5, 0.6) is 0 Å². The first kappa shape index (κ1) is 13.9. The van der Waals surface area contributed by atoms with Crippen LogP contribution < -0.4 is 0 Å². The summed E-state index contributed by atoms with van der Waals surface area (Å²) < 4.78 is 13.0. The summed E-state index contributed by atoms with van der Waals surface area (Å²) in [4.78, 5) is 19.7. The molecule has 3 aromatic rings. The average molecular weight is 294 g/mol. The molecule has 3 heterocycles. The Hall–Kier alpha value is -3.02. The fourth-order valence-corrected chi connectivity index (χ4v) is 1.92. The Kier molecular flexibility index (Phi) is 3.91. The van der Waals surface area contributed by atoms with E-state index in [1.165, 1.54) is 18.2 Å². The molecule has 0 N–H and O–H groups in total. The van der Waals surface area contributed by atoms with Gasteiger partial charge in [0, 0.05) is 6.20 Å². The van der Waals surface area contributed by atoms with Gasteiger partial charge in [0.1, 0.15) is 11.4 Å². The highest BCUT2D eigenvalue weighted by atomic mass is 19.1. The van der Waals surface area contributed by atoms with Gasteiger partial charge in [0.05, 0.1) is 17.8 Å². The standard InChI is InChI=1S/C16H11FN4O/c17-16-6-3-5-14(19-16)15(22)10-11-7-8-13(21-20-11)12-4-1-2-9-18-12/h1-9H,10H2. The van der Waals surface area contributed by atoms with Crippen LogP contribution in [0.25, 0.3) is 11.4 Å². The van der Waals surface area contributed by atoms with Crippen LogP contribution in [0.4, 0.5) is 4.39 Å². The van der Waals surface area contributed by atoms with Gasteiger partial charge in [-0.1, -0.05) is 12.1 Å². The van der Waals surface area contributed by atoms with Crippen molar-refractivity contribution >= 4 is 5.78 Å². The van der Waals surface area contributed by atoms with Crippen LogP contribution in [0.15, 0.2) is 54.7 Å². The van der Waals surface area contributed by atoms with E-state index >= 15 is 0 Å². The normalized spacial score (nSPS) is 10.4. The van der Waals surface area contributed by atoms with Gasteiger partial charge < -0.3 is 0 Å². The highest BCUT2D eigenvalue weighted by molar-refractivity contribution is 5.95. The monoisotopic (exact) mass is 294 g/mol. The van der Waals surface area contributed by atoms with E-state index in [9.17, 15) is 9.18 Å². The highest BCUT2D eigenvalue weighted by Crippen LogP contribution is 2.12. The lowest BCUT2D eigenvalue weighted by Crippen LogP contribution is -2.08. The van der Waals surface area contributed by atoms with E-state index in [1.54, 1.807) is 18.3 Å². The van der Waals surface area contributed by atoms with E-state index < -0.39 is 5.95 Å².